The van der Waals surface area contributed by atoms with Crippen LogP contribution >= 0.6 is 15.9 Å². The minimum absolute atomic E-state index is 0.593. The highest BCUT2D eigenvalue weighted by atomic mass is 79.9. The van der Waals surface area contributed by atoms with Gasteiger partial charge in [0.15, 0.2) is 0 Å². The van der Waals surface area contributed by atoms with Gasteiger partial charge in [-0.05, 0) is 36.2 Å². The third kappa shape index (κ3) is 2.78. The molecule has 18 heavy (non-hydrogen) atoms. The van der Waals surface area contributed by atoms with E-state index in [-0.39, 0.29) is 0 Å². The van der Waals surface area contributed by atoms with Crippen LogP contribution < -0.4 is 5.32 Å². The highest BCUT2D eigenvalue weighted by molar-refractivity contribution is 9.10. The van der Waals surface area contributed by atoms with Crippen molar-refractivity contribution in [1.29, 1.82) is 0 Å². The van der Waals surface area contributed by atoms with Crippen LogP contribution in [-0.2, 0) is 19.5 Å². The lowest BCUT2D eigenvalue weighted by Crippen LogP contribution is -2.49. The SMILES string of the molecule is CCc1nn(CC)c(CN2CCNC[C@@H]2C)c1Br. The van der Waals surface area contributed by atoms with E-state index in [1.807, 2.05) is 0 Å². The zero-order valence-electron chi connectivity index (χ0n) is 11.5. The Kier molecular flexibility index (Phi) is 4.81. The Morgan fingerprint density at radius 3 is 2.83 bits per heavy atom. The number of hydrogen-bond acceptors (Lipinski definition) is 3. The monoisotopic (exact) mass is 314 g/mol. The molecule has 2 heterocycles. The summed E-state index contributed by atoms with van der Waals surface area (Å²) in [4.78, 5) is 2.53. The summed E-state index contributed by atoms with van der Waals surface area (Å²) < 4.78 is 3.34. The quantitative estimate of drug-likeness (QED) is 0.923. The van der Waals surface area contributed by atoms with Crippen LogP contribution in [0.4, 0.5) is 0 Å². The molecule has 5 heteroatoms. The molecule has 1 aliphatic heterocycles. The first-order valence-corrected chi connectivity index (χ1v) is 7.65. The van der Waals surface area contributed by atoms with Gasteiger partial charge in [-0.15, -0.1) is 0 Å². The van der Waals surface area contributed by atoms with Crippen molar-refractivity contribution in [2.45, 2.75) is 46.3 Å². The van der Waals surface area contributed by atoms with E-state index in [2.05, 4.69) is 56.7 Å². The van der Waals surface area contributed by atoms with Crippen LogP contribution in [0.2, 0.25) is 0 Å². The van der Waals surface area contributed by atoms with Crippen molar-refractivity contribution < 1.29 is 0 Å². The zero-order chi connectivity index (χ0) is 13.1. The molecule has 1 aromatic rings. The molecule has 0 aromatic carbocycles. The maximum absolute atomic E-state index is 4.66. The summed E-state index contributed by atoms with van der Waals surface area (Å²) in [6.45, 7) is 11.8. The molecular formula is C13H23BrN4. The standard InChI is InChI=1S/C13H23BrN4/c1-4-11-13(14)12(18(5-2)16-11)9-17-7-6-15-8-10(17)3/h10,15H,4-9H2,1-3H3/t10-/m0/s1. The third-order valence-electron chi connectivity index (χ3n) is 3.69. The fraction of sp³-hybridized carbons (Fsp3) is 0.769. The molecule has 0 aliphatic carbocycles. The first-order chi connectivity index (χ1) is 8.67. The van der Waals surface area contributed by atoms with E-state index in [0.29, 0.717) is 6.04 Å². The van der Waals surface area contributed by atoms with Gasteiger partial charge in [0.05, 0.1) is 15.9 Å². The number of aromatic nitrogens is 2. The molecule has 0 amide bonds. The van der Waals surface area contributed by atoms with E-state index in [0.717, 1.165) is 39.1 Å². The molecule has 1 fully saturated rings. The van der Waals surface area contributed by atoms with Crippen molar-refractivity contribution in [3.8, 4) is 0 Å². The Balaban J connectivity index is 2.19. The molecule has 1 saturated heterocycles. The van der Waals surface area contributed by atoms with Gasteiger partial charge in [-0.1, -0.05) is 6.92 Å². The molecule has 4 nitrogen and oxygen atoms in total. The number of nitrogens with zero attached hydrogens (tertiary/aromatic N) is 3. The fourth-order valence-corrected chi connectivity index (χ4v) is 3.17. The van der Waals surface area contributed by atoms with Gasteiger partial charge in [0.25, 0.3) is 0 Å². The average molecular weight is 315 g/mol. The van der Waals surface area contributed by atoms with Crippen LogP contribution in [0.3, 0.4) is 0 Å². The van der Waals surface area contributed by atoms with E-state index in [1.54, 1.807) is 0 Å². The van der Waals surface area contributed by atoms with Crippen LogP contribution in [0.15, 0.2) is 4.47 Å². The second-order valence-electron chi connectivity index (χ2n) is 4.90. The summed E-state index contributed by atoms with van der Waals surface area (Å²) in [7, 11) is 0. The summed E-state index contributed by atoms with van der Waals surface area (Å²) in [6, 6.07) is 0.593. The van der Waals surface area contributed by atoms with E-state index >= 15 is 0 Å². The van der Waals surface area contributed by atoms with Gasteiger partial charge in [0.1, 0.15) is 0 Å². The van der Waals surface area contributed by atoms with Crippen molar-refractivity contribution in [3.05, 3.63) is 15.9 Å². The summed E-state index contributed by atoms with van der Waals surface area (Å²) >= 11 is 3.72. The van der Waals surface area contributed by atoms with Crippen molar-refractivity contribution in [1.82, 2.24) is 20.0 Å². The number of halogens is 1. The highest BCUT2D eigenvalue weighted by Gasteiger charge is 2.22. The Morgan fingerprint density at radius 2 is 2.22 bits per heavy atom. The van der Waals surface area contributed by atoms with Gasteiger partial charge >= 0.3 is 0 Å². The molecule has 102 valence electrons. The van der Waals surface area contributed by atoms with Crippen molar-refractivity contribution in [2.24, 2.45) is 0 Å². The van der Waals surface area contributed by atoms with E-state index in [1.165, 1.54) is 15.9 Å². The van der Waals surface area contributed by atoms with Crippen LogP contribution in [-0.4, -0.2) is 40.4 Å². The maximum Gasteiger partial charge on any atom is 0.0767 e. The molecule has 2 rings (SSSR count). The van der Waals surface area contributed by atoms with E-state index in [9.17, 15) is 0 Å². The topological polar surface area (TPSA) is 33.1 Å². The third-order valence-corrected chi connectivity index (χ3v) is 4.60. The molecule has 0 unspecified atom stereocenters. The Hall–Kier alpha value is -0.390. The lowest BCUT2D eigenvalue weighted by atomic mass is 10.2. The molecule has 0 bridgehead atoms. The normalized spacial score (nSPS) is 21.4. The summed E-state index contributed by atoms with van der Waals surface area (Å²) in [5, 5.41) is 8.10. The minimum Gasteiger partial charge on any atom is -0.314 e. The Labute approximate surface area is 118 Å². The predicted molar refractivity (Wildman–Crippen MR) is 77.7 cm³/mol. The first-order valence-electron chi connectivity index (χ1n) is 6.86. The van der Waals surface area contributed by atoms with Crippen molar-refractivity contribution in [2.75, 3.05) is 19.6 Å². The van der Waals surface area contributed by atoms with E-state index < -0.39 is 0 Å². The minimum atomic E-state index is 0.593. The lowest BCUT2D eigenvalue weighted by Gasteiger charge is -2.33. The number of piperazine rings is 1. The van der Waals surface area contributed by atoms with Crippen LogP contribution in [0, 0.1) is 0 Å². The lowest BCUT2D eigenvalue weighted by molar-refractivity contribution is 0.161. The number of hydrogen-bond donors (Lipinski definition) is 1. The second kappa shape index (κ2) is 6.17. The first kappa shape index (κ1) is 14.0. The van der Waals surface area contributed by atoms with Crippen LogP contribution in [0.1, 0.15) is 32.2 Å². The molecule has 1 atom stereocenters. The van der Waals surface area contributed by atoms with Crippen LogP contribution in [0.25, 0.3) is 0 Å². The fourth-order valence-electron chi connectivity index (χ4n) is 2.48. The van der Waals surface area contributed by atoms with E-state index in [4.69, 9.17) is 0 Å². The van der Waals surface area contributed by atoms with Gasteiger partial charge in [-0.2, -0.15) is 5.10 Å². The molecule has 1 aromatic heterocycles. The molecule has 1 aliphatic rings. The zero-order valence-corrected chi connectivity index (χ0v) is 13.1. The predicted octanol–water partition coefficient (Wildman–Crippen LogP) is 2.02. The van der Waals surface area contributed by atoms with Crippen LogP contribution in [0.5, 0.6) is 0 Å². The number of nitrogens with one attached hydrogen (secondary N) is 1. The largest absolute Gasteiger partial charge is 0.314 e. The van der Waals surface area contributed by atoms with Gasteiger partial charge in [-0.3, -0.25) is 9.58 Å². The van der Waals surface area contributed by atoms with Crippen molar-refractivity contribution in [3.63, 3.8) is 0 Å². The smallest absolute Gasteiger partial charge is 0.0767 e. The molecule has 0 saturated carbocycles. The molecule has 0 radical (unpaired) electrons. The molecule has 0 spiro atoms. The number of rotatable bonds is 4. The Bertz CT molecular complexity index is 402. The van der Waals surface area contributed by atoms with Crippen molar-refractivity contribution >= 4 is 15.9 Å². The summed E-state index contributed by atoms with van der Waals surface area (Å²) in [6.07, 6.45) is 0.984. The number of aryl methyl sites for hydroxylation is 2. The average Bonchev–Trinajstić information content (AvgIpc) is 2.69. The van der Waals surface area contributed by atoms with Gasteiger partial charge < -0.3 is 5.32 Å². The molecular weight excluding hydrogens is 292 g/mol. The maximum atomic E-state index is 4.66. The van der Waals surface area contributed by atoms with Gasteiger partial charge in [-0.25, -0.2) is 0 Å². The van der Waals surface area contributed by atoms with Gasteiger partial charge in [0, 0.05) is 38.8 Å². The van der Waals surface area contributed by atoms with Gasteiger partial charge in [0.2, 0.25) is 0 Å². The Morgan fingerprint density at radius 1 is 1.44 bits per heavy atom. The summed E-state index contributed by atoms with van der Waals surface area (Å²) in [5.41, 5.74) is 2.50. The summed E-state index contributed by atoms with van der Waals surface area (Å²) in [5.74, 6) is 0. The molecule has 1 N–H and O–H groups in total. The second-order valence-corrected chi connectivity index (χ2v) is 5.69. The highest BCUT2D eigenvalue weighted by Crippen LogP contribution is 2.24.